The molecular formula is C38H42F3N3O4. The zero-order chi connectivity index (χ0) is 35.0. The van der Waals surface area contributed by atoms with Gasteiger partial charge in [0.1, 0.15) is 6.61 Å². The minimum absolute atomic E-state index is 0.00938. The van der Waals surface area contributed by atoms with E-state index < -0.39 is 35.7 Å². The van der Waals surface area contributed by atoms with Gasteiger partial charge in [-0.1, -0.05) is 60.2 Å². The van der Waals surface area contributed by atoms with E-state index in [-0.39, 0.29) is 23.3 Å². The van der Waals surface area contributed by atoms with Gasteiger partial charge in [0.25, 0.3) is 0 Å². The van der Waals surface area contributed by atoms with Crippen molar-refractivity contribution in [2.24, 2.45) is 0 Å². The molecule has 0 amide bonds. The van der Waals surface area contributed by atoms with Crippen LogP contribution in [0.2, 0.25) is 0 Å². The molecule has 4 rings (SSSR count). The lowest BCUT2D eigenvalue weighted by Gasteiger charge is -2.32. The summed E-state index contributed by atoms with van der Waals surface area (Å²) in [5, 5.41) is 2.99. The summed E-state index contributed by atoms with van der Waals surface area (Å²) in [6.45, 7) is 9.44. The van der Waals surface area contributed by atoms with Gasteiger partial charge in [0.2, 0.25) is 0 Å². The highest BCUT2D eigenvalue weighted by molar-refractivity contribution is 6.00. The average molecular weight is 662 g/mol. The van der Waals surface area contributed by atoms with Crippen molar-refractivity contribution in [3.63, 3.8) is 0 Å². The van der Waals surface area contributed by atoms with Gasteiger partial charge in [-0.2, -0.15) is 13.2 Å². The largest absolute Gasteiger partial charge is 0.461 e. The predicted octanol–water partition coefficient (Wildman–Crippen LogP) is 7.46. The molecule has 0 fully saturated rings. The number of pyridine rings is 1. The number of ether oxygens (including phenoxy) is 2. The molecule has 10 heteroatoms. The van der Waals surface area contributed by atoms with E-state index in [9.17, 15) is 22.8 Å². The van der Waals surface area contributed by atoms with Crippen LogP contribution in [0.25, 0.3) is 6.08 Å². The molecule has 254 valence electrons. The fourth-order valence-corrected chi connectivity index (χ4v) is 5.81. The van der Waals surface area contributed by atoms with Crippen molar-refractivity contribution in [3.8, 4) is 0 Å². The fourth-order valence-electron chi connectivity index (χ4n) is 5.81. The molecule has 1 aliphatic heterocycles. The molecule has 0 aliphatic carbocycles. The van der Waals surface area contributed by atoms with E-state index in [0.717, 1.165) is 29.2 Å². The fraction of sp³-hybridized carbons (Fsp3) is 0.342. The summed E-state index contributed by atoms with van der Waals surface area (Å²) in [5.41, 5.74) is 3.80. The van der Waals surface area contributed by atoms with Gasteiger partial charge in [0, 0.05) is 36.9 Å². The van der Waals surface area contributed by atoms with Gasteiger partial charge in [-0.3, -0.25) is 9.88 Å². The van der Waals surface area contributed by atoms with Gasteiger partial charge in [-0.15, -0.1) is 0 Å². The molecule has 2 aromatic carbocycles. The predicted molar refractivity (Wildman–Crippen MR) is 180 cm³/mol. The number of nitrogens with one attached hydrogen (secondary N) is 1. The van der Waals surface area contributed by atoms with Gasteiger partial charge in [0.05, 0.1) is 28.7 Å². The number of hydrogen-bond acceptors (Lipinski definition) is 7. The number of esters is 2. The summed E-state index contributed by atoms with van der Waals surface area (Å²) >= 11 is 0. The van der Waals surface area contributed by atoms with Crippen LogP contribution in [0.4, 0.5) is 13.2 Å². The zero-order valence-corrected chi connectivity index (χ0v) is 28.1. The number of halogens is 3. The number of nitrogens with zero attached hydrogens (tertiary/aromatic N) is 2. The van der Waals surface area contributed by atoms with Crippen LogP contribution in [0.5, 0.6) is 0 Å². The number of aromatic nitrogens is 1. The molecule has 2 heterocycles. The standard InChI is InChI=1S/C38H42F3N3O4/c1-24(2)48-37(46)34-27(5)43-26(4)33(35(34)31-11-7-8-12-32(31)38(39,40)41)36(45)47-19-18-44(6)23-25(3)20-28-13-15-29(16-14-28)21-30-10-9-17-42-22-30/h7-17,20,22,24,35,43H,18-19,21,23H2,1-6H3/b25-20+. The van der Waals surface area contributed by atoms with E-state index in [2.05, 4.69) is 40.6 Å². The maximum Gasteiger partial charge on any atom is 0.416 e. The smallest absolute Gasteiger partial charge is 0.416 e. The van der Waals surface area contributed by atoms with E-state index in [4.69, 9.17) is 9.47 Å². The summed E-state index contributed by atoms with van der Waals surface area (Å²) in [6.07, 6.45) is 1.27. The van der Waals surface area contributed by atoms with Crippen molar-refractivity contribution in [2.45, 2.75) is 59.2 Å². The third-order valence-electron chi connectivity index (χ3n) is 7.87. The van der Waals surface area contributed by atoms with Gasteiger partial charge in [-0.25, -0.2) is 9.59 Å². The van der Waals surface area contributed by atoms with Crippen molar-refractivity contribution >= 4 is 18.0 Å². The Kier molecular flexibility index (Phi) is 12.0. The SMILES string of the molecule is CC1=C(C(=O)OCCN(C)C/C(C)=C/c2ccc(Cc3cccnc3)cc2)C(c2ccccc2C(F)(F)F)C(C(=O)OC(C)C)=C(C)N1. The Balaban J connectivity index is 1.45. The summed E-state index contributed by atoms with van der Waals surface area (Å²) in [7, 11) is 1.89. The number of likely N-dealkylation sites (N-methyl/N-ethyl adjacent to an activating group) is 1. The second-order valence-corrected chi connectivity index (χ2v) is 12.3. The topological polar surface area (TPSA) is 80.8 Å². The number of benzene rings is 2. The number of hydrogen-bond donors (Lipinski definition) is 1. The third-order valence-corrected chi connectivity index (χ3v) is 7.87. The molecule has 0 bridgehead atoms. The van der Waals surface area contributed by atoms with Crippen LogP contribution in [-0.2, 0) is 31.7 Å². The minimum atomic E-state index is -4.72. The molecular weight excluding hydrogens is 619 g/mol. The Bertz CT molecular complexity index is 1690. The molecule has 1 unspecified atom stereocenters. The van der Waals surface area contributed by atoms with Gasteiger partial charge >= 0.3 is 18.1 Å². The average Bonchev–Trinajstić information content (AvgIpc) is 3.01. The Morgan fingerprint density at radius 3 is 2.25 bits per heavy atom. The Morgan fingerprint density at radius 2 is 1.62 bits per heavy atom. The number of allylic oxidation sites excluding steroid dienone is 2. The van der Waals surface area contributed by atoms with Crippen LogP contribution in [-0.4, -0.2) is 54.7 Å². The molecule has 0 radical (unpaired) electrons. The van der Waals surface area contributed by atoms with Crippen LogP contribution >= 0.6 is 0 Å². The van der Waals surface area contributed by atoms with Crippen LogP contribution in [0.15, 0.2) is 101 Å². The molecule has 1 aromatic heterocycles. The second kappa shape index (κ2) is 15.9. The number of dihydropyridines is 1. The quantitative estimate of drug-likeness (QED) is 0.202. The molecule has 0 spiro atoms. The maximum atomic E-state index is 14.2. The molecule has 48 heavy (non-hydrogen) atoms. The first-order valence-electron chi connectivity index (χ1n) is 15.8. The number of carbonyl (C=O) groups excluding carboxylic acids is 2. The first-order chi connectivity index (χ1) is 22.7. The first-order valence-corrected chi connectivity index (χ1v) is 15.8. The molecule has 1 aliphatic rings. The number of rotatable bonds is 12. The zero-order valence-electron chi connectivity index (χ0n) is 28.1. The first kappa shape index (κ1) is 36.1. The normalized spacial score (nSPS) is 15.6. The van der Waals surface area contributed by atoms with Crippen molar-refractivity contribution in [1.29, 1.82) is 0 Å². The van der Waals surface area contributed by atoms with Gasteiger partial charge in [0.15, 0.2) is 0 Å². The highest BCUT2D eigenvalue weighted by atomic mass is 19.4. The summed E-state index contributed by atoms with van der Waals surface area (Å²) in [5.74, 6) is -2.96. The monoisotopic (exact) mass is 661 g/mol. The summed E-state index contributed by atoms with van der Waals surface area (Å²) in [6, 6.07) is 17.3. The number of alkyl halides is 3. The highest BCUT2D eigenvalue weighted by Gasteiger charge is 2.43. The van der Waals surface area contributed by atoms with Gasteiger partial charge < -0.3 is 14.8 Å². The minimum Gasteiger partial charge on any atom is -0.461 e. The molecule has 0 saturated heterocycles. The lowest BCUT2D eigenvalue weighted by molar-refractivity contribution is -0.144. The highest BCUT2D eigenvalue weighted by Crippen LogP contribution is 2.44. The number of carbonyl (C=O) groups is 2. The van der Waals surface area contributed by atoms with Crippen LogP contribution in [0.3, 0.4) is 0 Å². The molecule has 1 atom stereocenters. The lowest BCUT2D eigenvalue weighted by Crippen LogP contribution is -2.34. The van der Waals surface area contributed by atoms with Crippen molar-refractivity contribution < 1.29 is 32.2 Å². The molecule has 0 saturated carbocycles. The summed E-state index contributed by atoms with van der Waals surface area (Å²) in [4.78, 5) is 33.1. The van der Waals surface area contributed by atoms with Gasteiger partial charge in [-0.05, 0) is 82.5 Å². The second-order valence-electron chi connectivity index (χ2n) is 12.3. The van der Waals surface area contributed by atoms with Crippen molar-refractivity contribution in [3.05, 3.63) is 129 Å². The molecule has 7 nitrogen and oxygen atoms in total. The third kappa shape index (κ3) is 9.44. The molecule has 3 aromatic rings. The Hall–Kier alpha value is -4.70. The maximum absolute atomic E-state index is 14.2. The van der Waals surface area contributed by atoms with Crippen molar-refractivity contribution in [1.82, 2.24) is 15.2 Å². The lowest BCUT2D eigenvalue weighted by atomic mass is 9.78. The summed E-state index contributed by atoms with van der Waals surface area (Å²) < 4.78 is 53.7. The Labute approximate surface area is 280 Å². The van der Waals surface area contributed by atoms with Crippen LogP contribution in [0.1, 0.15) is 68.4 Å². The van der Waals surface area contributed by atoms with Crippen molar-refractivity contribution in [2.75, 3.05) is 26.7 Å². The van der Waals surface area contributed by atoms with Crippen LogP contribution < -0.4 is 5.32 Å². The molecule has 1 N–H and O–H groups in total. The van der Waals surface area contributed by atoms with E-state index in [1.165, 1.54) is 23.8 Å². The van der Waals surface area contributed by atoms with E-state index >= 15 is 0 Å². The van der Waals surface area contributed by atoms with E-state index in [1.54, 1.807) is 33.9 Å². The Morgan fingerprint density at radius 1 is 0.958 bits per heavy atom. The van der Waals surface area contributed by atoms with E-state index in [1.807, 2.05) is 37.2 Å². The van der Waals surface area contributed by atoms with Crippen LogP contribution in [0, 0.1) is 0 Å². The van der Waals surface area contributed by atoms with E-state index in [0.29, 0.717) is 24.5 Å².